The molecule has 0 saturated carbocycles. The molecule has 0 amide bonds. The zero-order chi connectivity index (χ0) is 11.6. The maximum absolute atomic E-state index is 8.17. The molecule has 0 aromatic rings. The molecule has 0 aliphatic rings. The van der Waals surface area contributed by atoms with E-state index in [2.05, 4.69) is 24.2 Å². The molecule has 0 aliphatic heterocycles. The van der Waals surface area contributed by atoms with Crippen molar-refractivity contribution in [3.8, 4) is 0 Å². The molecule has 0 bridgehead atoms. The van der Waals surface area contributed by atoms with E-state index in [1.54, 1.807) is 6.92 Å². The normalized spacial score (nSPS) is 12.4. The molecule has 0 fully saturated rings. The van der Waals surface area contributed by atoms with Crippen molar-refractivity contribution in [3.05, 3.63) is 0 Å². The van der Waals surface area contributed by atoms with Gasteiger partial charge < -0.3 is 10.4 Å². The van der Waals surface area contributed by atoms with Gasteiger partial charge in [0.15, 0.2) is 0 Å². The molecule has 0 unspecified atom stereocenters. The molecular weight excluding hydrogens is 180 g/mol. The average Bonchev–Trinajstić information content (AvgIpc) is 2.16. The predicted molar refractivity (Wildman–Crippen MR) is 59.5 cm³/mol. The fourth-order valence-electron chi connectivity index (χ4n) is 0.702. The van der Waals surface area contributed by atoms with Gasteiger partial charge in [-0.05, 0) is 32.6 Å². The smallest absolute Gasteiger partial charge is 0.0542 e. The van der Waals surface area contributed by atoms with E-state index in [1.807, 2.05) is 13.8 Å². The number of hydrogen-bond donors (Lipinski definition) is 2. The topological polar surface area (TPSA) is 65.2 Å². The summed E-state index contributed by atoms with van der Waals surface area (Å²) in [5.74, 6) is 0.589. The van der Waals surface area contributed by atoms with Gasteiger partial charge in [-0.25, -0.2) is 0 Å². The third kappa shape index (κ3) is 13.5. The SMILES string of the molecule is CC(CC(C)C)=NO.CCC(C)=NO. The van der Waals surface area contributed by atoms with Crippen molar-refractivity contribution in [1.82, 2.24) is 0 Å². The maximum atomic E-state index is 8.17. The fourth-order valence-corrected chi connectivity index (χ4v) is 0.702. The van der Waals surface area contributed by atoms with E-state index in [9.17, 15) is 0 Å². The molecule has 4 nitrogen and oxygen atoms in total. The first kappa shape index (κ1) is 15.4. The number of rotatable bonds is 3. The summed E-state index contributed by atoms with van der Waals surface area (Å²) in [6.45, 7) is 9.72. The van der Waals surface area contributed by atoms with Crippen LogP contribution in [0.4, 0.5) is 0 Å². The minimum Gasteiger partial charge on any atom is -0.411 e. The monoisotopic (exact) mass is 202 g/mol. The zero-order valence-corrected chi connectivity index (χ0v) is 9.78. The van der Waals surface area contributed by atoms with Crippen LogP contribution in [0, 0.1) is 5.92 Å². The first-order chi connectivity index (χ1) is 6.47. The lowest BCUT2D eigenvalue weighted by Gasteiger charge is -1.99. The summed E-state index contributed by atoms with van der Waals surface area (Å²) in [7, 11) is 0. The van der Waals surface area contributed by atoms with Crippen molar-refractivity contribution in [2.75, 3.05) is 0 Å². The molecule has 0 aliphatic carbocycles. The van der Waals surface area contributed by atoms with Crippen molar-refractivity contribution < 1.29 is 10.4 Å². The van der Waals surface area contributed by atoms with Crippen molar-refractivity contribution in [1.29, 1.82) is 0 Å². The zero-order valence-electron chi connectivity index (χ0n) is 9.78. The molecule has 0 heterocycles. The van der Waals surface area contributed by atoms with Crippen LogP contribution >= 0.6 is 0 Å². The van der Waals surface area contributed by atoms with E-state index in [0.717, 1.165) is 24.3 Å². The molecule has 4 heteroatoms. The van der Waals surface area contributed by atoms with Gasteiger partial charge in [0.2, 0.25) is 0 Å². The summed E-state index contributed by atoms with van der Waals surface area (Å²) in [5.41, 5.74) is 1.58. The van der Waals surface area contributed by atoms with Crippen LogP contribution in [0.25, 0.3) is 0 Å². The average molecular weight is 202 g/mol. The molecule has 0 aromatic carbocycles. The van der Waals surface area contributed by atoms with E-state index < -0.39 is 0 Å². The van der Waals surface area contributed by atoms with Crippen LogP contribution in [0.3, 0.4) is 0 Å². The molecule has 0 aromatic heterocycles. The number of hydrogen-bond acceptors (Lipinski definition) is 4. The highest BCUT2D eigenvalue weighted by Gasteiger charge is 1.95. The third-order valence-electron chi connectivity index (χ3n) is 1.56. The summed E-state index contributed by atoms with van der Waals surface area (Å²) < 4.78 is 0. The number of oxime groups is 2. The first-order valence-corrected chi connectivity index (χ1v) is 4.82. The number of nitrogens with zero attached hydrogens (tertiary/aromatic N) is 2. The highest BCUT2D eigenvalue weighted by Crippen LogP contribution is 1.99. The van der Waals surface area contributed by atoms with Gasteiger partial charge >= 0.3 is 0 Å². The Morgan fingerprint density at radius 1 is 1.07 bits per heavy atom. The third-order valence-corrected chi connectivity index (χ3v) is 1.56. The Morgan fingerprint density at radius 2 is 1.50 bits per heavy atom. The largest absolute Gasteiger partial charge is 0.411 e. The quantitative estimate of drug-likeness (QED) is 0.419. The van der Waals surface area contributed by atoms with Crippen LogP contribution in [0.5, 0.6) is 0 Å². The predicted octanol–water partition coefficient (Wildman–Crippen LogP) is 3.13. The molecule has 0 spiro atoms. The van der Waals surface area contributed by atoms with Crippen molar-refractivity contribution in [2.45, 2.75) is 47.5 Å². The van der Waals surface area contributed by atoms with Gasteiger partial charge in [-0.3, -0.25) is 0 Å². The van der Waals surface area contributed by atoms with Crippen LogP contribution in [-0.4, -0.2) is 21.8 Å². The van der Waals surface area contributed by atoms with Crippen molar-refractivity contribution in [2.24, 2.45) is 16.2 Å². The van der Waals surface area contributed by atoms with Crippen LogP contribution in [0.15, 0.2) is 10.3 Å². The van der Waals surface area contributed by atoms with Crippen LogP contribution in [0.2, 0.25) is 0 Å². The molecule has 0 atom stereocenters. The Hall–Kier alpha value is -1.06. The standard InChI is InChI=1S/C6H13NO.C4H9NO/c1-5(2)4-6(3)7-8;1-3-4(2)5-6/h5,8H,4H2,1-3H3;6H,3H2,1-2H3. The lowest BCUT2D eigenvalue weighted by Crippen LogP contribution is -1.96. The van der Waals surface area contributed by atoms with Gasteiger partial charge in [-0.2, -0.15) is 0 Å². The molecule has 0 saturated heterocycles. The van der Waals surface area contributed by atoms with Crippen LogP contribution < -0.4 is 0 Å². The van der Waals surface area contributed by atoms with Gasteiger partial charge in [-0.1, -0.05) is 31.1 Å². The van der Waals surface area contributed by atoms with E-state index in [4.69, 9.17) is 10.4 Å². The molecular formula is C10H22N2O2. The second kappa shape index (κ2) is 10.0. The summed E-state index contributed by atoms with van der Waals surface area (Å²) in [6.07, 6.45) is 1.72. The lowest BCUT2D eigenvalue weighted by molar-refractivity contribution is 0.316. The Bertz CT molecular complexity index is 187. The van der Waals surface area contributed by atoms with E-state index >= 15 is 0 Å². The molecule has 84 valence electrons. The minimum absolute atomic E-state index is 0.589. The van der Waals surface area contributed by atoms with Crippen LogP contribution in [-0.2, 0) is 0 Å². The second-order valence-electron chi connectivity index (χ2n) is 3.62. The fraction of sp³-hybridized carbons (Fsp3) is 0.800. The minimum atomic E-state index is 0.589. The Kier molecular flexibility index (Phi) is 11.0. The molecule has 2 N–H and O–H groups in total. The van der Waals surface area contributed by atoms with Crippen molar-refractivity contribution in [3.63, 3.8) is 0 Å². The van der Waals surface area contributed by atoms with Crippen molar-refractivity contribution >= 4 is 11.4 Å². The second-order valence-corrected chi connectivity index (χ2v) is 3.62. The summed E-state index contributed by atoms with van der Waals surface area (Å²) in [4.78, 5) is 0. The summed E-state index contributed by atoms with van der Waals surface area (Å²) in [5, 5.41) is 22.1. The lowest BCUT2D eigenvalue weighted by atomic mass is 10.1. The summed E-state index contributed by atoms with van der Waals surface area (Å²) >= 11 is 0. The van der Waals surface area contributed by atoms with E-state index in [-0.39, 0.29) is 0 Å². The van der Waals surface area contributed by atoms with E-state index in [0.29, 0.717) is 5.92 Å². The van der Waals surface area contributed by atoms with Gasteiger partial charge in [0.1, 0.15) is 0 Å². The van der Waals surface area contributed by atoms with Crippen LogP contribution in [0.1, 0.15) is 47.5 Å². The van der Waals surface area contributed by atoms with Gasteiger partial charge in [-0.15, -0.1) is 0 Å². The Balaban J connectivity index is 0. The van der Waals surface area contributed by atoms with E-state index in [1.165, 1.54) is 0 Å². The summed E-state index contributed by atoms with van der Waals surface area (Å²) in [6, 6.07) is 0. The highest BCUT2D eigenvalue weighted by molar-refractivity contribution is 5.81. The molecule has 0 radical (unpaired) electrons. The molecule has 14 heavy (non-hydrogen) atoms. The highest BCUT2D eigenvalue weighted by atomic mass is 16.4. The molecule has 0 rings (SSSR count). The Morgan fingerprint density at radius 3 is 1.57 bits per heavy atom. The van der Waals surface area contributed by atoms with Gasteiger partial charge in [0.25, 0.3) is 0 Å². The van der Waals surface area contributed by atoms with Gasteiger partial charge in [0.05, 0.1) is 11.4 Å². The maximum Gasteiger partial charge on any atom is 0.0542 e. The Labute approximate surface area is 86.3 Å². The first-order valence-electron chi connectivity index (χ1n) is 4.82. The van der Waals surface area contributed by atoms with Gasteiger partial charge in [0, 0.05) is 0 Å².